The van der Waals surface area contributed by atoms with Crippen LogP contribution in [0.5, 0.6) is 11.5 Å². The van der Waals surface area contributed by atoms with Gasteiger partial charge in [-0.25, -0.2) is 0 Å². The fourth-order valence-electron chi connectivity index (χ4n) is 4.62. The molecule has 0 fully saturated rings. The molecule has 0 amide bonds. The molecule has 2 aliphatic rings. The number of carbonyl (C=O) groups is 1. The van der Waals surface area contributed by atoms with Crippen LogP contribution in [0, 0.1) is 0 Å². The molecule has 0 saturated heterocycles. The van der Waals surface area contributed by atoms with Gasteiger partial charge in [0.15, 0.2) is 17.3 Å². The predicted octanol–water partition coefficient (Wildman–Crippen LogP) is 6.03. The highest BCUT2D eigenvalue weighted by molar-refractivity contribution is 6.32. The summed E-state index contributed by atoms with van der Waals surface area (Å²) in [6.45, 7) is 0. The van der Waals surface area contributed by atoms with Gasteiger partial charge in [-0.15, -0.1) is 0 Å². The summed E-state index contributed by atoms with van der Waals surface area (Å²) >= 11 is 6.30. The van der Waals surface area contributed by atoms with E-state index in [4.69, 9.17) is 16.3 Å². The van der Waals surface area contributed by atoms with Crippen molar-refractivity contribution in [3.63, 3.8) is 0 Å². The third-order valence-corrected chi connectivity index (χ3v) is 6.47. The summed E-state index contributed by atoms with van der Waals surface area (Å²) in [6.07, 6.45) is 1.16. The topological polar surface area (TPSA) is 70.6 Å². The number of methoxy groups -OCH3 is 1. The molecule has 32 heavy (non-hydrogen) atoms. The molecule has 0 bridgehead atoms. The van der Waals surface area contributed by atoms with E-state index in [-0.39, 0.29) is 28.2 Å². The van der Waals surface area contributed by atoms with Gasteiger partial charge < -0.3 is 20.5 Å². The number of para-hydroxylation sites is 2. The first kappa shape index (κ1) is 20.5. The van der Waals surface area contributed by atoms with Crippen molar-refractivity contribution in [2.75, 3.05) is 17.7 Å². The largest absolute Gasteiger partial charge is 0.503 e. The zero-order valence-electron chi connectivity index (χ0n) is 17.6. The normalized spacial score (nSPS) is 19.9. The standard InChI is InChI=1S/C26H23ClN2O3/c1-32-23-14-17(11-18(27)26(23)31)25-24-21(28-19-9-5-6-10-20(19)29-25)12-16(13-22(24)30)15-7-3-2-4-8-15/h2-11,14,16,25,28-29,31H,12-13H2,1H3/t16-,25+/m0/s1. The van der Waals surface area contributed by atoms with Crippen molar-refractivity contribution in [2.24, 2.45) is 0 Å². The molecule has 0 radical (unpaired) electrons. The Morgan fingerprint density at radius 2 is 1.69 bits per heavy atom. The molecule has 5 nitrogen and oxygen atoms in total. The van der Waals surface area contributed by atoms with E-state index in [1.165, 1.54) is 7.11 Å². The lowest BCUT2D eigenvalue weighted by Gasteiger charge is -2.30. The van der Waals surface area contributed by atoms with Crippen molar-refractivity contribution in [3.05, 3.63) is 94.1 Å². The first-order chi connectivity index (χ1) is 15.5. The molecule has 6 heteroatoms. The van der Waals surface area contributed by atoms with Crippen LogP contribution in [0.3, 0.4) is 0 Å². The Hall–Kier alpha value is -3.44. The van der Waals surface area contributed by atoms with E-state index in [9.17, 15) is 9.90 Å². The number of anilines is 2. The lowest BCUT2D eigenvalue weighted by Crippen LogP contribution is -2.26. The number of fused-ring (bicyclic) bond motifs is 1. The van der Waals surface area contributed by atoms with Gasteiger partial charge >= 0.3 is 0 Å². The molecule has 1 aliphatic heterocycles. The number of benzene rings is 3. The third kappa shape index (κ3) is 3.59. The Morgan fingerprint density at radius 1 is 0.969 bits per heavy atom. The Labute approximate surface area is 191 Å². The average Bonchev–Trinajstić information content (AvgIpc) is 2.98. The van der Waals surface area contributed by atoms with Gasteiger partial charge in [-0.1, -0.05) is 54.1 Å². The van der Waals surface area contributed by atoms with Crippen molar-refractivity contribution >= 4 is 28.8 Å². The fraction of sp³-hybridized carbons (Fsp3) is 0.192. The van der Waals surface area contributed by atoms with Crippen LogP contribution in [0.1, 0.15) is 35.9 Å². The number of hydrogen-bond donors (Lipinski definition) is 3. The molecule has 0 unspecified atom stereocenters. The molecule has 3 aromatic rings. The minimum atomic E-state index is -0.433. The summed E-state index contributed by atoms with van der Waals surface area (Å²) < 4.78 is 5.32. The van der Waals surface area contributed by atoms with Crippen molar-refractivity contribution in [1.29, 1.82) is 0 Å². The molecule has 2 atom stereocenters. The van der Waals surface area contributed by atoms with Gasteiger partial charge in [0, 0.05) is 17.7 Å². The van der Waals surface area contributed by atoms with Crippen molar-refractivity contribution in [3.8, 4) is 11.5 Å². The lowest BCUT2D eigenvalue weighted by atomic mass is 9.78. The van der Waals surface area contributed by atoms with E-state index in [0.29, 0.717) is 12.0 Å². The smallest absolute Gasteiger partial charge is 0.176 e. The number of halogens is 1. The fourth-order valence-corrected chi connectivity index (χ4v) is 4.84. The number of rotatable bonds is 3. The van der Waals surface area contributed by atoms with Crippen LogP contribution in [-0.2, 0) is 4.79 Å². The van der Waals surface area contributed by atoms with Crippen LogP contribution in [0.25, 0.3) is 0 Å². The maximum absolute atomic E-state index is 13.6. The number of Topliss-reactive ketones (excluding diaryl/α,β-unsaturated/α-hetero) is 1. The van der Waals surface area contributed by atoms with Crippen LogP contribution < -0.4 is 15.4 Å². The van der Waals surface area contributed by atoms with E-state index >= 15 is 0 Å². The van der Waals surface area contributed by atoms with Crippen LogP contribution in [0.4, 0.5) is 11.4 Å². The minimum Gasteiger partial charge on any atom is -0.503 e. The molecule has 162 valence electrons. The van der Waals surface area contributed by atoms with E-state index in [2.05, 4.69) is 22.8 Å². The van der Waals surface area contributed by atoms with Gasteiger partial charge in [0.05, 0.1) is 29.5 Å². The maximum atomic E-state index is 13.6. The number of phenols is 1. The van der Waals surface area contributed by atoms with Crippen molar-refractivity contribution in [1.82, 2.24) is 0 Å². The molecular weight excluding hydrogens is 424 g/mol. The van der Waals surface area contributed by atoms with Gasteiger partial charge in [-0.2, -0.15) is 0 Å². The van der Waals surface area contributed by atoms with Crippen molar-refractivity contribution in [2.45, 2.75) is 24.8 Å². The monoisotopic (exact) mass is 446 g/mol. The second-order valence-electron chi connectivity index (χ2n) is 8.13. The summed E-state index contributed by atoms with van der Waals surface area (Å²) in [5, 5.41) is 17.4. The molecule has 1 aliphatic carbocycles. The number of phenolic OH excluding ortho intramolecular Hbond substituents is 1. The minimum absolute atomic E-state index is 0.0843. The molecule has 5 rings (SSSR count). The molecule has 3 aromatic carbocycles. The summed E-state index contributed by atoms with van der Waals surface area (Å²) in [6, 6.07) is 21.0. The number of ketones is 1. The van der Waals surface area contributed by atoms with Crippen LogP contribution in [-0.4, -0.2) is 18.0 Å². The number of allylic oxidation sites excluding steroid dienone is 1. The van der Waals surface area contributed by atoms with Gasteiger partial charge in [-0.05, 0) is 47.7 Å². The maximum Gasteiger partial charge on any atom is 0.176 e. The van der Waals surface area contributed by atoms with E-state index in [0.717, 1.165) is 34.6 Å². The van der Waals surface area contributed by atoms with Crippen LogP contribution in [0.2, 0.25) is 5.02 Å². The quantitative estimate of drug-likeness (QED) is 0.458. The van der Waals surface area contributed by atoms with Crippen LogP contribution >= 0.6 is 11.6 Å². The molecule has 0 saturated carbocycles. The van der Waals surface area contributed by atoms with Crippen LogP contribution in [0.15, 0.2) is 78.0 Å². The predicted molar refractivity (Wildman–Crippen MR) is 127 cm³/mol. The van der Waals surface area contributed by atoms with E-state index in [1.807, 2.05) is 42.5 Å². The lowest BCUT2D eigenvalue weighted by molar-refractivity contribution is -0.116. The average molecular weight is 447 g/mol. The molecule has 1 heterocycles. The Bertz CT molecular complexity index is 1220. The third-order valence-electron chi connectivity index (χ3n) is 6.18. The molecule has 0 spiro atoms. The first-order valence-corrected chi connectivity index (χ1v) is 10.9. The number of carbonyl (C=O) groups excluding carboxylic acids is 1. The number of aromatic hydroxyl groups is 1. The first-order valence-electron chi connectivity index (χ1n) is 10.6. The zero-order valence-corrected chi connectivity index (χ0v) is 18.3. The van der Waals surface area contributed by atoms with Gasteiger partial charge in [0.25, 0.3) is 0 Å². The summed E-state index contributed by atoms with van der Waals surface area (Å²) in [4.78, 5) is 13.6. The second-order valence-corrected chi connectivity index (χ2v) is 8.54. The zero-order chi connectivity index (χ0) is 22.2. The number of hydrogen-bond acceptors (Lipinski definition) is 5. The Kier molecular flexibility index (Phi) is 5.27. The highest BCUT2D eigenvalue weighted by Gasteiger charge is 2.36. The van der Waals surface area contributed by atoms with Gasteiger partial charge in [0.1, 0.15) is 0 Å². The SMILES string of the molecule is COc1cc([C@H]2Nc3ccccc3NC3=C2C(=O)C[C@@H](c2ccccc2)C3)cc(Cl)c1O. The van der Waals surface area contributed by atoms with Gasteiger partial charge in [0.2, 0.25) is 0 Å². The summed E-state index contributed by atoms with van der Waals surface area (Å²) in [5.41, 5.74) is 5.31. The molecule has 0 aromatic heterocycles. The second kappa shape index (κ2) is 8.24. The molecular formula is C26H23ClN2O3. The highest BCUT2D eigenvalue weighted by Crippen LogP contribution is 2.46. The van der Waals surface area contributed by atoms with Crippen molar-refractivity contribution < 1.29 is 14.6 Å². The summed E-state index contributed by atoms with van der Waals surface area (Å²) in [7, 11) is 1.48. The Balaban J connectivity index is 1.65. The van der Waals surface area contributed by atoms with E-state index < -0.39 is 6.04 Å². The van der Waals surface area contributed by atoms with E-state index in [1.54, 1.807) is 12.1 Å². The number of nitrogens with one attached hydrogen (secondary N) is 2. The summed E-state index contributed by atoms with van der Waals surface area (Å²) in [5.74, 6) is 0.352. The highest BCUT2D eigenvalue weighted by atomic mass is 35.5. The molecule has 3 N–H and O–H groups in total. The van der Waals surface area contributed by atoms with Gasteiger partial charge in [-0.3, -0.25) is 4.79 Å². The Morgan fingerprint density at radius 3 is 2.44 bits per heavy atom. The number of ether oxygens (including phenoxy) is 1.